The Morgan fingerprint density at radius 1 is 1.50 bits per heavy atom. The van der Waals surface area contributed by atoms with E-state index >= 15 is 0 Å². The van der Waals surface area contributed by atoms with Gasteiger partial charge in [-0.3, -0.25) is 0 Å². The van der Waals surface area contributed by atoms with Gasteiger partial charge >= 0.3 is 5.97 Å². The molecule has 0 aliphatic carbocycles. The minimum absolute atomic E-state index is 0.0843. The van der Waals surface area contributed by atoms with Crippen molar-refractivity contribution in [3.8, 4) is 0 Å². The van der Waals surface area contributed by atoms with Gasteiger partial charge in [0.1, 0.15) is 0 Å². The Kier molecular flexibility index (Phi) is 4.85. The highest BCUT2D eigenvalue weighted by molar-refractivity contribution is 5.86. The van der Waals surface area contributed by atoms with Gasteiger partial charge in [-0.05, 0) is 32.6 Å². The lowest BCUT2D eigenvalue weighted by Gasteiger charge is -2.20. The second-order valence-electron chi connectivity index (χ2n) is 4.34. The molecule has 0 saturated carbocycles. The van der Waals surface area contributed by atoms with Gasteiger partial charge in [-0.15, -0.1) is 0 Å². The molecule has 2 N–H and O–H groups in total. The van der Waals surface area contributed by atoms with Crippen LogP contribution in [0, 0.1) is 5.92 Å². The van der Waals surface area contributed by atoms with E-state index in [-0.39, 0.29) is 5.92 Å². The Morgan fingerprint density at radius 3 is 2.29 bits per heavy atom. The molecule has 82 valence electrons. The molecular formula is C11H20O3. The predicted molar refractivity (Wildman–Crippen MR) is 56.1 cm³/mol. The van der Waals surface area contributed by atoms with Crippen molar-refractivity contribution < 1.29 is 15.0 Å². The maximum absolute atomic E-state index is 10.7. The normalized spacial score (nSPS) is 15.4. The van der Waals surface area contributed by atoms with Crippen molar-refractivity contribution in [1.29, 1.82) is 0 Å². The lowest BCUT2D eigenvalue weighted by atomic mass is 9.93. The second kappa shape index (κ2) is 5.15. The molecule has 0 aromatic heterocycles. The summed E-state index contributed by atoms with van der Waals surface area (Å²) in [5.74, 6) is -0.781. The Balaban J connectivity index is 4.40. The van der Waals surface area contributed by atoms with E-state index in [0.29, 0.717) is 18.4 Å². The number of aliphatic hydroxyl groups is 1. The number of hydrogen-bond acceptors (Lipinski definition) is 2. The van der Waals surface area contributed by atoms with E-state index in [9.17, 15) is 9.90 Å². The monoisotopic (exact) mass is 200 g/mol. The van der Waals surface area contributed by atoms with Gasteiger partial charge in [0.2, 0.25) is 0 Å². The molecular weight excluding hydrogens is 180 g/mol. The number of carboxylic acids is 1. The molecule has 0 aromatic rings. The first-order valence-corrected chi connectivity index (χ1v) is 4.92. The van der Waals surface area contributed by atoms with Crippen molar-refractivity contribution in [2.75, 3.05) is 0 Å². The molecule has 0 saturated heterocycles. The molecule has 1 unspecified atom stereocenters. The largest absolute Gasteiger partial charge is 0.478 e. The zero-order chi connectivity index (χ0) is 11.4. The fourth-order valence-electron chi connectivity index (χ4n) is 1.53. The van der Waals surface area contributed by atoms with Crippen LogP contribution in [0.25, 0.3) is 0 Å². The SMILES string of the molecule is CCC(=CC(C)CC(C)(C)O)C(=O)O. The summed E-state index contributed by atoms with van der Waals surface area (Å²) >= 11 is 0. The zero-order valence-electron chi connectivity index (χ0n) is 9.37. The first kappa shape index (κ1) is 13.2. The molecule has 0 spiro atoms. The molecule has 14 heavy (non-hydrogen) atoms. The fraction of sp³-hybridized carbons (Fsp3) is 0.727. The summed E-state index contributed by atoms with van der Waals surface area (Å²) in [5.41, 5.74) is -0.324. The van der Waals surface area contributed by atoms with Crippen LogP contribution < -0.4 is 0 Å². The lowest BCUT2D eigenvalue weighted by Crippen LogP contribution is -2.21. The third kappa shape index (κ3) is 5.75. The number of carbonyl (C=O) groups is 1. The molecule has 0 fully saturated rings. The van der Waals surface area contributed by atoms with Crippen LogP contribution in [0.4, 0.5) is 0 Å². The standard InChI is InChI=1S/C11H20O3/c1-5-9(10(12)13)6-8(2)7-11(3,4)14/h6,8,14H,5,7H2,1-4H3,(H,12,13). The van der Waals surface area contributed by atoms with Gasteiger partial charge in [-0.1, -0.05) is 19.9 Å². The van der Waals surface area contributed by atoms with Crippen LogP contribution in [0.15, 0.2) is 11.6 Å². The molecule has 0 aliphatic rings. The van der Waals surface area contributed by atoms with Crippen molar-refractivity contribution in [3.05, 3.63) is 11.6 Å². The van der Waals surface area contributed by atoms with E-state index in [2.05, 4.69) is 0 Å². The van der Waals surface area contributed by atoms with E-state index in [1.54, 1.807) is 19.9 Å². The summed E-state index contributed by atoms with van der Waals surface area (Å²) in [5, 5.41) is 18.3. The Hall–Kier alpha value is -0.830. The van der Waals surface area contributed by atoms with Gasteiger partial charge in [0.05, 0.1) is 5.60 Å². The summed E-state index contributed by atoms with van der Waals surface area (Å²) in [6.45, 7) is 7.18. The summed E-state index contributed by atoms with van der Waals surface area (Å²) in [7, 11) is 0. The molecule has 1 atom stereocenters. The van der Waals surface area contributed by atoms with Crippen molar-refractivity contribution in [3.63, 3.8) is 0 Å². The van der Waals surface area contributed by atoms with Crippen molar-refractivity contribution in [2.24, 2.45) is 5.92 Å². The number of hydrogen-bond donors (Lipinski definition) is 2. The molecule has 0 rings (SSSR count). The van der Waals surface area contributed by atoms with Gasteiger partial charge in [-0.25, -0.2) is 4.79 Å². The Labute approximate surface area is 85.4 Å². The van der Waals surface area contributed by atoms with Crippen molar-refractivity contribution in [2.45, 2.75) is 46.1 Å². The first-order valence-electron chi connectivity index (χ1n) is 4.92. The Bertz CT molecular complexity index is 223. The summed E-state index contributed by atoms with van der Waals surface area (Å²) in [4.78, 5) is 10.7. The van der Waals surface area contributed by atoms with E-state index < -0.39 is 11.6 Å². The molecule has 0 amide bonds. The van der Waals surface area contributed by atoms with E-state index in [0.717, 1.165) is 0 Å². The minimum Gasteiger partial charge on any atom is -0.478 e. The van der Waals surface area contributed by atoms with Crippen LogP contribution in [0.1, 0.15) is 40.5 Å². The van der Waals surface area contributed by atoms with Gasteiger partial charge in [0.15, 0.2) is 0 Å². The van der Waals surface area contributed by atoms with E-state index in [1.165, 1.54) is 0 Å². The average molecular weight is 200 g/mol. The van der Waals surface area contributed by atoms with Gasteiger partial charge in [0.25, 0.3) is 0 Å². The maximum Gasteiger partial charge on any atom is 0.331 e. The highest BCUT2D eigenvalue weighted by Crippen LogP contribution is 2.18. The summed E-state index contributed by atoms with van der Waals surface area (Å²) in [6.07, 6.45) is 2.82. The van der Waals surface area contributed by atoms with Crippen molar-refractivity contribution >= 4 is 5.97 Å². The van der Waals surface area contributed by atoms with Gasteiger partial charge in [-0.2, -0.15) is 0 Å². The fourth-order valence-corrected chi connectivity index (χ4v) is 1.53. The highest BCUT2D eigenvalue weighted by Gasteiger charge is 2.17. The molecule has 3 nitrogen and oxygen atoms in total. The third-order valence-electron chi connectivity index (χ3n) is 1.96. The van der Waals surface area contributed by atoms with Gasteiger partial charge in [0, 0.05) is 5.57 Å². The first-order chi connectivity index (χ1) is 6.26. The van der Waals surface area contributed by atoms with Crippen LogP contribution >= 0.6 is 0 Å². The smallest absolute Gasteiger partial charge is 0.331 e. The second-order valence-corrected chi connectivity index (χ2v) is 4.34. The maximum atomic E-state index is 10.7. The molecule has 0 bridgehead atoms. The average Bonchev–Trinajstić information content (AvgIpc) is 1.96. The van der Waals surface area contributed by atoms with Crippen LogP contribution in [0.2, 0.25) is 0 Å². The molecule has 0 radical (unpaired) electrons. The lowest BCUT2D eigenvalue weighted by molar-refractivity contribution is -0.132. The molecule has 0 heterocycles. The molecule has 0 aromatic carbocycles. The van der Waals surface area contributed by atoms with Gasteiger partial charge < -0.3 is 10.2 Å². The number of aliphatic carboxylic acids is 1. The predicted octanol–water partition coefficient (Wildman–Crippen LogP) is 2.20. The minimum atomic E-state index is -0.866. The number of rotatable bonds is 5. The summed E-state index contributed by atoms with van der Waals surface area (Å²) in [6, 6.07) is 0. The van der Waals surface area contributed by atoms with Crippen LogP contribution in [0.3, 0.4) is 0 Å². The number of allylic oxidation sites excluding steroid dienone is 1. The quantitative estimate of drug-likeness (QED) is 0.669. The van der Waals surface area contributed by atoms with E-state index in [1.807, 2.05) is 13.8 Å². The topological polar surface area (TPSA) is 57.5 Å². The van der Waals surface area contributed by atoms with Crippen LogP contribution in [-0.2, 0) is 4.79 Å². The molecule has 0 aliphatic heterocycles. The van der Waals surface area contributed by atoms with Crippen molar-refractivity contribution in [1.82, 2.24) is 0 Å². The Morgan fingerprint density at radius 2 is 2.00 bits per heavy atom. The van der Waals surface area contributed by atoms with E-state index in [4.69, 9.17) is 5.11 Å². The highest BCUT2D eigenvalue weighted by atomic mass is 16.4. The van der Waals surface area contributed by atoms with Crippen LogP contribution in [0.5, 0.6) is 0 Å². The number of carboxylic acid groups (broad SMARTS) is 1. The third-order valence-corrected chi connectivity index (χ3v) is 1.96. The molecule has 3 heteroatoms. The van der Waals surface area contributed by atoms with Crippen LogP contribution in [-0.4, -0.2) is 21.8 Å². The summed E-state index contributed by atoms with van der Waals surface area (Å²) < 4.78 is 0. The zero-order valence-corrected chi connectivity index (χ0v) is 9.37.